The van der Waals surface area contributed by atoms with Crippen molar-refractivity contribution in [1.29, 1.82) is 0 Å². The summed E-state index contributed by atoms with van der Waals surface area (Å²) in [5.74, 6) is 1.81. The lowest BCUT2D eigenvalue weighted by Gasteiger charge is -2.38. The minimum atomic E-state index is -0.261. The molecule has 11 nitrogen and oxygen atoms in total. The molecule has 3 saturated heterocycles. The molecule has 0 aromatic carbocycles. The second-order valence-corrected chi connectivity index (χ2v) is 8.78. The van der Waals surface area contributed by atoms with E-state index >= 15 is 0 Å². The Morgan fingerprint density at radius 1 is 0.621 bits per heavy atom. The first-order valence-electron chi connectivity index (χ1n) is 10.6. The highest BCUT2D eigenvalue weighted by Crippen LogP contribution is 2.25. The third-order valence-corrected chi connectivity index (χ3v) is 5.94. The van der Waals surface area contributed by atoms with Crippen molar-refractivity contribution in [3.63, 3.8) is 0 Å². The summed E-state index contributed by atoms with van der Waals surface area (Å²) in [4.78, 5) is 20.5. The first-order valence-corrected chi connectivity index (χ1v) is 10.6. The number of aromatic nitrogens is 3. The lowest BCUT2D eigenvalue weighted by Crippen LogP contribution is -2.54. The van der Waals surface area contributed by atoms with E-state index in [9.17, 15) is 5.11 Å². The number of hydrogen-bond donors (Lipinski definition) is 5. The molecule has 3 aliphatic heterocycles. The molecule has 0 saturated carbocycles. The lowest BCUT2D eigenvalue weighted by molar-refractivity contribution is 0.145. The van der Waals surface area contributed by atoms with Crippen LogP contribution in [0.3, 0.4) is 0 Å². The van der Waals surface area contributed by atoms with Gasteiger partial charge in [-0.1, -0.05) is 0 Å². The Labute approximate surface area is 171 Å². The predicted octanol–water partition coefficient (Wildman–Crippen LogP) is -2.44. The van der Waals surface area contributed by atoms with Crippen LogP contribution in [-0.4, -0.2) is 89.6 Å². The molecule has 0 amide bonds. The molecule has 0 radical (unpaired) electrons. The second-order valence-electron chi connectivity index (χ2n) is 8.78. The quantitative estimate of drug-likeness (QED) is 0.361. The van der Waals surface area contributed by atoms with Gasteiger partial charge < -0.3 is 42.7 Å². The van der Waals surface area contributed by atoms with Gasteiger partial charge >= 0.3 is 0 Å². The summed E-state index contributed by atoms with van der Waals surface area (Å²) in [6, 6.07) is -0.0393. The lowest BCUT2D eigenvalue weighted by atomic mass is 10.0. The second kappa shape index (κ2) is 8.52. The summed E-state index contributed by atoms with van der Waals surface area (Å²) in [6.07, 6.45) is 2.73. The van der Waals surface area contributed by atoms with Crippen LogP contribution in [0.1, 0.15) is 25.7 Å². The van der Waals surface area contributed by atoms with Gasteiger partial charge in [0.05, 0.1) is 6.10 Å². The summed E-state index contributed by atoms with van der Waals surface area (Å²) in [5, 5.41) is 9.86. The van der Waals surface area contributed by atoms with Crippen LogP contribution in [0, 0.1) is 0 Å². The van der Waals surface area contributed by atoms with Gasteiger partial charge in [-0.3, -0.25) is 0 Å². The normalized spacial score (nSPS) is 32.0. The maximum absolute atomic E-state index is 9.86. The van der Waals surface area contributed by atoms with Gasteiger partial charge in [0.15, 0.2) is 0 Å². The van der Waals surface area contributed by atoms with E-state index in [0.717, 1.165) is 12.8 Å². The monoisotopic (exact) mass is 406 g/mol. The fourth-order valence-electron chi connectivity index (χ4n) is 4.52. The number of aliphatic hydroxyl groups is 1. The largest absolute Gasteiger partial charge is 0.393 e. The summed E-state index contributed by atoms with van der Waals surface area (Å²) in [7, 11) is 0. The highest BCUT2D eigenvalue weighted by Gasteiger charge is 2.30. The van der Waals surface area contributed by atoms with Crippen LogP contribution in [0.15, 0.2) is 0 Å². The standard InChI is InChI=1S/C18H34N10O/c19-11-5-12(20)8-27(7-11)17-23-16(26-3-1-15(29)2-4-26)24-18(25-17)28-9-13(21)6-14(22)10-28/h11-15,29H,1-10,19-22H2/t11-,12-,13-,14+/m1/s1. The molecule has 4 heterocycles. The number of nitrogens with zero attached hydrogens (tertiary/aromatic N) is 6. The Balaban J connectivity index is 1.65. The number of anilines is 3. The fraction of sp³-hybridized carbons (Fsp3) is 0.833. The Kier molecular flexibility index (Phi) is 6.02. The molecule has 29 heavy (non-hydrogen) atoms. The van der Waals surface area contributed by atoms with Gasteiger partial charge in [0.1, 0.15) is 0 Å². The van der Waals surface area contributed by atoms with Crippen LogP contribution in [0.5, 0.6) is 0 Å². The molecule has 3 aliphatic rings. The van der Waals surface area contributed by atoms with Crippen LogP contribution in [-0.2, 0) is 0 Å². The van der Waals surface area contributed by atoms with Gasteiger partial charge in [0.25, 0.3) is 0 Å². The van der Waals surface area contributed by atoms with Gasteiger partial charge in [-0.15, -0.1) is 0 Å². The Morgan fingerprint density at radius 3 is 1.34 bits per heavy atom. The van der Waals surface area contributed by atoms with Gasteiger partial charge in [0, 0.05) is 63.4 Å². The van der Waals surface area contributed by atoms with E-state index in [-0.39, 0.29) is 30.3 Å². The molecule has 3 fully saturated rings. The highest BCUT2D eigenvalue weighted by atomic mass is 16.3. The third-order valence-electron chi connectivity index (χ3n) is 5.94. The van der Waals surface area contributed by atoms with Crippen molar-refractivity contribution in [2.75, 3.05) is 54.0 Å². The van der Waals surface area contributed by atoms with Crippen LogP contribution < -0.4 is 37.6 Å². The van der Waals surface area contributed by atoms with Crippen molar-refractivity contribution in [3.05, 3.63) is 0 Å². The number of piperidine rings is 3. The zero-order valence-electron chi connectivity index (χ0n) is 16.9. The predicted molar refractivity (Wildman–Crippen MR) is 113 cm³/mol. The molecular weight excluding hydrogens is 372 g/mol. The minimum absolute atomic E-state index is 0.00983. The van der Waals surface area contributed by atoms with Crippen molar-refractivity contribution in [2.45, 2.75) is 56.0 Å². The average molecular weight is 407 g/mol. The molecule has 4 rings (SSSR count). The van der Waals surface area contributed by atoms with E-state index in [1.165, 1.54) is 0 Å². The summed E-state index contributed by atoms with van der Waals surface area (Å²) in [5.41, 5.74) is 24.8. The van der Waals surface area contributed by atoms with Crippen LogP contribution in [0.2, 0.25) is 0 Å². The maximum atomic E-state index is 9.86. The van der Waals surface area contributed by atoms with Crippen molar-refractivity contribution in [3.8, 4) is 0 Å². The number of nitrogens with two attached hydrogens (primary N) is 4. The smallest absolute Gasteiger partial charge is 0.232 e. The molecule has 9 N–H and O–H groups in total. The van der Waals surface area contributed by atoms with E-state index in [1.807, 2.05) is 0 Å². The van der Waals surface area contributed by atoms with E-state index < -0.39 is 0 Å². The molecule has 0 unspecified atom stereocenters. The minimum Gasteiger partial charge on any atom is -0.393 e. The summed E-state index contributed by atoms with van der Waals surface area (Å²) in [6.45, 7) is 4.07. The van der Waals surface area contributed by atoms with Gasteiger partial charge in [0.2, 0.25) is 17.8 Å². The van der Waals surface area contributed by atoms with E-state index in [0.29, 0.717) is 70.0 Å². The van der Waals surface area contributed by atoms with Gasteiger partial charge in [-0.2, -0.15) is 15.0 Å². The van der Waals surface area contributed by atoms with E-state index in [4.69, 9.17) is 37.9 Å². The topological polar surface area (TPSA) is 173 Å². The molecule has 1 aromatic heterocycles. The molecule has 11 heteroatoms. The van der Waals surface area contributed by atoms with Gasteiger partial charge in [-0.25, -0.2) is 0 Å². The molecule has 0 aliphatic carbocycles. The number of hydrogen-bond acceptors (Lipinski definition) is 11. The summed E-state index contributed by atoms with van der Waals surface area (Å²) >= 11 is 0. The van der Waals surface area contributed by atoms with E-state index in [1.54, 1.807) is 0 Å². The fourth-order valence-corrected chi connectivity index (χ4v) is 4.52. The number of aliphatic hydroxyl groups excluding tert-OH is 1. The molecule has 1 aromatic rings. The first-order chi connectivity index (χ1) is 13.9. The van der Waals surface area contributed by atoms with Crippen LogP contribution >= 0.6 is 0 Å². The van der Waals surface area contributed by atoms with Crippen molar-refractivity contribution >= 4 is 17.8 Å². The molecule has 4 atom stereocenters. The molecule has 0 spiro atoms. The Morgan fingerprint density at radius 2 is 0.966 bits per heavy atom. The highest BCUT2D eigenvalue weighted by molar-refractivity contribution is 5.48. The molecule has 162 valence electrons. The SMILES string of the molecule is N[C@@H]1C[C@@H](N)CN(c2nc(N3CCC(O)CC3)nc(N3C[C@H](N)C[C@H](N)C3)n2)C1. The summed E-state index contributed by atoms with van der Waals surface area (Å²) < 4.78 is 0. The van der Waals surface area contributed by atoms with Crippen molar-refractivity contribution < 1.29 is 5.11 Å². The molecular formula is C18H34N10O. The zero-order valence-corrected chi connectivity index (χ0v) is 16.9. The van der Waals surface area contributed by atoms with Gasteiger partial charge in [-0.05, 0) is 25.7 Å². The third kappa shape index (κ3) is 4.86. The van der Waals surface area contributed by atoms with E-state index in [2.05, 4.69) is 14.7 Å². The van der Waals surface area contributed by atoms with Crippen LogP contribution in [0.4, 0.5) is 17.8 Å². The zero-order chi connectivity index (χ0) is 20.5. The maximum Gasteiger partial charge on any atom is 0.232 e. The van der Waals surface area contributed by atoms with Crippen LogP contribution in [0.25, 0.3) is 0 Å². The van der Waals surface area contributed by atoms with Crippen molar-refractivity contribution in [2.24, 2.45) is 22.9 Å². The molecule has 0 bridgehead atoms. The Bertz CT molecular complexity index is 633. The average Bonchev–Trinajstić information content (AvgIpc) is 2.67. The van der Waals surface area contributed by atoms with Crippen molar-refractivity contribution in [1.82, 2.24) is 15.0 Å². The Hall–Kier alpha value is -1.79. The number of rotatable bonds is 3. The first kappa shape index (κ1) is 20.5.